The second-order valence-electron chi connectivity index (χ2n) is 5.50. The molecule has 0 spiro atoms. The van der Waals surface area contributed by atoms with E-state index in [9.17, 15) is 22.8 Å². The number of Topliss-reactive ketones (excluding diaryl/α,β-unsaturated/α-hetero) is 1. The molecule has 7 heteroatoms. The maximum Gasteiger partial charge on any atom is 0.393 e. The molecule has 0 bridgehead atoms. The van der Waals surface area contributed by atoms with Crippen molar-refractivity contribution in [3.63, 3.8) is 0 Å². The van der Waals surface area contributed by atoms with Crippen LogP contribution in [-0.2, 0) is 4.79 Å². The highest BCUT2D eigenvalue weighted by atomic mass is 32.2. The average Bonchev–Trinajstić information content (AvgIpc) is 2.54. The van der Waals surface area contributed by atoms with Gasteiger partial charge in [-0.05, 0) is 12.8 Å². The Labute approximate surface area is 137 Å². The minimum absolute atomic E-state index is 0.0309. The zero-order valence-electron chi connectivity index (χ0n) is 12.5. The van der Waals surface area contributed by atoms with Gasteiger partial charge >= 0.3 is 6.18 Å². The first-order valence-corrected chi connectivity index (χ1v) is 8.54. The van der Waals surface area contributed by atoms with Crippen molar-refractivity contribution in [3.8, 4) is 0 Å². The minimum Gasteiger partial charge on any atom is -0.341 e. The summed E-state index contributed by atoms with van der Waals surface area (Å²) in [5.74, 6) is -1.67. The number of alkyl halides is 3. The summed E-state index contributed by atoms with van der Waals surface area (Å²) >= 11 is 1.14. The highest BCUT2D eigenvalue weighted by Gasteiger charge is 2.42. The fraction of sp³-hybridized carbons (Fsp3) is 0.500. The summed E-state index contributed by atoms with van der Waals surface area (Å²) in [5.41, 5.74) is 0.572. The number of ketones is 1. The van der Waals surface area contributed by atoms with E-state index in [1.807, 2.05) is 0 Å². The van der Waals surface area contributed by atoms with E-state index < -0.39 is 12.1 Å². The molecule has 0 aliphatic carbocycles. The molecule has 1 heterocycles. The zero-order chi connectivity index (χ0) is 16.9. The fourth-order valence-electron chi connectivity index (χ4n) is 2.50. The second-order valence-corrected chi connectivity index (χ2v) is 6.49. The van der Waals surface area contributed by atoms with Crippen molar-refractivity contribution in [2.75, 3.05) is 24.6 Å². The van der Waals surface area contributed by atoms with Gasteiger partial charge in [-0.3, -0.25) is 9.59 Å². The molecule has 0 N–H and O–H groups in total. The van der Waals surface area contributed by atoms with Crippen LogP contribution in [-0.4, -0.2) is 47.4 Å². The lowest BCUT2D eigenvalue weighted by molar-refractivity contribution is -0.187. The number of carbonyl (C=O) groups excluding carboxylic acids is 2. The number of nitrogens with zero attached hydrogens (tertiary/aromatic N) is 1. The first-order valence-electron chi connectivity index (χ1n) is 7.38. The molecular formula is C16H18F3NO2S. The van der Waals surface area contributed by atoms with Gasteiger partial charge in [0.25, 0.3) is 0 Å². The van der Waals surface area contributed by atoms with E-state index in [1.165, 1.54) is 4.90 Å². The van der Waals surface area contributed by atoms with Crippen LogP contribution in [0.5, 0.6) is 0 Å². The van der Waals surface area contributed by atoms with Crippen LogP contribution in [0.4, 0.5) is 13.2 Å². The number of halogens is 3. The van der Waals surface area contributed by atoms with Crippen LogP contribution in [0.25, 0.3) is 0 Å². The highest BCUT2D eigenvalue weighted by molar-refractivity contribution is 8.00. The van der Waals surface area contributed by atoms with Gasteiger partial charge < -0.3 is 4.90 Å². The van der Waals surface area contributed by atoms with Crippen molar-refractivity contribution in [2.45, 2.75) is 19.0 Å². The summed E-state index contributed by atoms with van der Waals surface area (Å²) in [6, 6.07) is 8.72. The Balaban J connectivity index is 1.77. The first-order chi connectivity index (χ1) is 10.9. The molecule has 23 heavy (non-hydrogen) atoms. The smallest absolute Gasteiger partial charge is 0.341 e. The highest BCUT2D eigenvalue weighted by Crippen LogP contribution is 2.33. The van der Waals surface area contributed by atoms with E-state index in [2.05, 4.69) is 0 Å². The molecule has 0 aromatic heterocycles. The van der Waals surface area contributed by atoms with Gasteiger partial charge in [0.15, 0.2) is 5.78 Å². The topological polar surface area (TPSA) is 37.4 Å². The Morgan fingerprint density at radius 1 is 1.17 bits per heavy atom. The molecule has 0 radical (unpaired) electrons. The molecule has 126 valence electrons. The van der Waals surface area contributed by atoms with Gasteiger partial charge in [-0.1, -0.05) is 30.3 Å². The quantitative estimate of drug-likeness (QED) is 0.768. The molecule has 1 aromatic rings. The van der Waals surface area contributed by atoms with E-state index in [1.54, 1.807) is 30.3 Å². The monoisotopic (exact) mass is 345 g/mol. The van der Waals surface area contributed by atoms with Gasteiger partial charge in [0.2, 0.25) is 5.91 Å². The Kier molecular flexibility index (Phi) is 6.10. The van der Waals surface area contributed by atoms with Crippen LogP contribution in [0.2, 0.25) is 0 Å². The molecule has 1 fully saturated rings. The van der Waals surface area contributed by atoms with Crippen LogP contribution >= 0.6 is 11.8 Å². The molecule has 1 aliphatic heterocycles. The predicted octanol–water partition coefficient (Wildman–Crippen LogP) is 3.40. The maximum absolute atomic E-state index is 12.7. The Morgan fingerprint density at radius 3 is 2.52 bits per heavy atom. The van der Waals surface area contributed by atoms with Gasteiger partial charge in [-0.2, -0.15) is 13.2 Å². The van der Waals surface area contributed by atoms with E-state index in [-0.39, 0.29) is 36.2 Å². The van der Waals surface area contributed by atoms with Crippen LogP contribution in [0, 0.1) is 5.92 Å². The molecule has 1 aromatic carbocycles. The Hall–Kier alpha value is -1.50. The third-order valence-corrected chi connectivity index (χ3v) is 4.71. The summed E-state index contributed by atoms with van der Waals surface area (Å²) in [5, 5.41) is 0. The van der Waals surface area contributed by atoms with Crippen molar-refractivity contribution >= 4 is 23.5 Å². The van der Waals surface area contributed by atoms with Crippen molar-refractivity contribution in [1.29, 1.82) is 0 Å². The maximum atomic E-state index is 12.7. The van der Waals surface area contributed by atoms with Gasteiger partial charge in [0.1, 0.15) is 0 Å². The number of likely N-dealkylation sites (tertiary alicyclic amines) is 1. The number of rotatable bonds is 5. The van der Waals surface area contributed by atoms with Gasteiger partial charge in [-0.25, -0.2) is 0 Å². The molecular weight excluding hydrogens is 327 g/mol. The lowest BCUT2D eigenvalue weighted by Crippen LogP contribution is -2.45. The summed E-state index contributed by atoms with van der Waals surface area (Å²) in [7, 11) is 0. The van der Waals surface area contributed by atoms with Crippen LogP contribution in [0.1, 0.15) is 23.2 Å². The van der Waals surface area contributed by atoms with Gasteiger partial charge in [0.05, 0.1) is 17.4 Å². The number of thioether (sulfide) groups is 1. The Morgan fingerprint density at radius 2 is 1.87 bits per heavy atom. The largest absolute Gasteiger partial charge is 0.393 e. The molecule has 0 unspecified atom stereocenters. The zero-order valence-corrected chi connectivity index (χ0v) is 13.3. The van der Waals surface area contributed by atoms with E-state index >= 15 is 0 Å². The molecule has 1 amide bonds. The normalized spacial score (nSPS) is 18.7. The lowest BCUT2D eigenvalue weighted by Gasteiger charge is -2.33. The standard InChI is InChI=1S/C16H18F3NO2S/c17-16(18,19)13-7-4-8-20(9-13)15(22)11-23-10-14(21)12-5-2-1-3-6-12/h1-3,5-6,13H,4,7-11H2/t13-/m1/s1. The van der Waals surface area contributed by atoms with Crippen molar-refractivity contribution in [3.05, 3.63) is 35.9 Å². The number of benzene rings is 1. The SMILES string of the molecule is O=C(CSCC(=O)N1CCC[C@@H](C(F)(F)F)C1)c1ccccc1. The number of amides is 1. The van der Waals surface area contributed by atoms with Crippen molar-refractivity contribution < 1.29 is 22.8 Å². The number of hydrogen-bond donors (Lipinski definition) is 0. The van der Waals surface area contributed by atoms with Crippen molar-refractivity contribution in [2.24, 2.45) is 5.92 Å². The number of hydrogen-bond acceptors (Lipinski definition) is 3. The molecule has 1 saturated heterocycles. The van der Waals surface area contributed by atoms with Crippen LogP contribution in [0.15, 0.2) is 30.3 Å². The van der Waals surface area contributed by atoms with Gasteiger partial charge in [-0.15, -0.1) is 11.8 Å². The minimum atomic E-state index is -4.25. The summed E-state index contributed by atoms with van der Waals surface area (Å²) in [4.78, 5) is 25.2. The molecule has 1 atom stereocenters. The third kappa shape index (κ3) is 5.27. The number of carbonyl (C=O) groups is 2. The summed E-state index contributed by atoms with van der Waals surface area (Å²) in [6.45, 7) is 0.0914. The second kappa shape index (κ2) is 7.86. The van der Waals surface area contributed by atoms with E-state index in [0.717, 1.165) is 11.8 Å². The fourth-order valence-corrected chi connectivity index (χ4v) is 3.31. The third-order valence-electron chi connectivity index (χ3n) is 3.79. The van der Waals surface area contributed by atoms with E-state index in [0.29, 0.717) is 18.5 Å². The molecule has 3 nitrogen and oxygen atoms in total. The average molecular weight is 345 g/mol. The number of piperidine rings is 1. The summed E-state index contributed by atoms with van der Waals surface area (Å²) in [6.07, 6.45) is -3.81. The Bertz CT molecular complexity index is 548. The molecule has 0 saturated carbocycles. The first kappa shape index (κ1) is 17.8. The van der Waals surface area contributed by atoms with Gasteiger partial charge in [0, 0.05) is 18.7 Å². The molecule has 2 rings (SSSR count). The lowest BCUT2D eigenvalue weighted by atomic mass is 9.97. The molecule has 1 aliphatic rings. The summed E-state index contributed by atoms with van der Waals surface area (Å²) < 4.78 is 38.2. The van der Waals surface area contributed by atoms with E-state index in [4.69, 9.17) is 0 Å². The van der Waals surface area contributed by atoms with Crippen LogP contribution in [0.3, 0.4) is 0 Å². The van der Waals surface area contributed by atoms with Crippen molar-refractivity contribution in [1.82, 2.24) is 4.90 Å². The van der Waals surface area contributed by atoms with Crippen LogP contribution < -0.4 is 0 Å². The predicted molar refractivity (Wildman–Crippen MR) is 83.5 cm³/mol.